The van der Waals surface area contributed by atoms with Gasteiger partial charge in [-0.15, -0.1) is 0 Å². The molecule has 0 N–H and O–H groups in total. The van der Waals surface area contributed by atoms with E-state index in [1.54, 1.807) is 12.1 Å². The number of hydrogen-bond acceptors (Lipinski definition) is 4. The van der Waals surface area contributed by atoms with E-state index >= 15 is 0 Å². The van der Waals surface area contributed by atoms with Crippen LogP contribution in [0.2, 0.25) is 0 Å². The molecule has 106 valence electrons. The Morgan fingerprint density at radius 1 is 1.37 bits per heavy atom. The summed E-state index contributed by atoms with van der Waals surface area (Å²) in [6.45, 7) is 5.54. The maximum atomic E-state index is 10.1. The molecule has 0 spiro atoms. The number of nitrogens with zero attached hydrogens (tertiary/aromatic N) is 1. The summed E-state index contributed by atoms with van der Waals surface area (Å²) < 4.78 is 10.6. The van der Waals surface area contributed by atoms with E-state index in [0.717, 1.165) is 25.2 Å². The highest BCUT2D eigenvalue weighted by Crippen LogP contribution is 2.13. The molecule has 0 radical (unpaired) electrons. The number of benzene rings is 1. The Hall–Kier alpha value is -1.46. The Labute approximate surface area is 113 Å². The third-order valence-corrected chi connectivity index (χ3v) is 2.74. The van der Waals surface area contributed by atoms with Gasteiger partial charge in [-0.3, -0.25) is 10.1 Å². The number of hydrogen-bond donors (Lipinski definition) is 0. The van der Waals surface area contributed by atoms with Crippen molar-refractivity contribution >= 4 is 5.69 Å². The van der Waals surface area contributed by atoms with Gasteiger partial charge in [-0.25, -0.2) is 0 Å². The molecule has 1 aliphatic heterocycles. The van der Waals surface area contributed by atoms with Crippen molar-refractivity contribution in [1.82, 2.24) is 0 Å². The molecule has 0 aromatic heterocycles. The molecule has 1 aromatic carbocycles. The summed E-state index contributed by atoms with van der Waals surface area (Å²) in [4.78, 5) is 9.71. The Kier molecular flexibility index (Phi) is 7.07. The molecule has 1 atom stereocenters. The molecule has 1 fully saturated rings. The van der Waals surface area contributed by atoms with Gasteiger partial charge in [-0.1, -0.05) is 17.7 Å². The Morgan fingerprint density at radius 3 is 2.53 bits per heavy atom. The first kappa shape index (κ1) is 15.6. The monoisotopic (exact) mass is 267 g/mol. The van der Waals surface area contributed by atoms with E-state index in [2.05, 4.69) is 0 Å². The summed E-state index contributed by atoms with van der Waals surface area (Å²) in [5.41, 5.74) is 1.18. The molecule has 1 saturated heterocycles. The Morgan fingerprint density at radius 2 is 2.05 bits per heavy atom. The van der Waals surface area contributed by atoms with Crippen molar-refractivity contribution in [2.75, 3.05) is 13.2 Å². The number of aryl methyl sites for hydroxylation is 1. The fourth-order valence-electron chi connectivity index (χ4n) is 1.69. The summed E-state index contributed by atoms with van der Waals surface area (Å²) in [6.07, 6.45) is 3.63. The normalized spacial score (nSPS) is 18.3. The van der Waals surface area contributed by atoms with E-state index in [9.17, 15) is 10.1 Å². The zero-order chi connectivity index (χ0) is 14.1. The van der Waals surface area contributed by atoms with Gasteiger partial charge in [0.05, 0.1) is 4.92 Å². The van der Waals surface area contributed by atoms with E-state index in [-0.39, 0.29) is 12.0 Å². The summed E-state index contributed by atoms with van der Waals surface area (Å²) >= 11 is 0. The second kappa shape index (κ2) is 8.61. The summed E-state index contributed by atoms with van der Waals surface area (Å²) in [5.74, 6) is 0. The van der Waals surface area contributed by atoms with Gasteiger partial charge < -0.3 is 9.47 Å². The van der Waals surface area contributed by atoms with Crippen LogP contribution in [0.15, 0.2) is 24.3 Å². The first-order valence-electron chi connectivity index (χ1n) is 6.57. The molecular weight excluding hydrogens is 246 g/mol. The molecule has 1 heterocycles. The van der Waals surface area contributed by atoms with Crippen LogP contribution in [0.3, 0.4) is 0 Å². The smallest absolute Gasteiger partial charge is 0.269 e. The molecule has 1 aromatic rings. The highest BCUT2D eigenvalue weighted by atomic mass is 16.7. The van der Waals surface area contributed by atoms with Crippen molar-refractivity contribution < 1.29 is 14.4 Å². The maximum Gasteiger partial charge on any atom is 0.269 e. The molecule has 19 heavy (non-hydrogen) atoms. The quantitative estimate of drug-likeness (QED) is 0.621. The van der Waals surface area contributed by atoms with E-state index in [1.807, 2.05) is 13.8 Å². The molecule has 0 bridgehead atoms. The molecule has 0 aliphatic carbocycles. The molecule has 0 amide bonds. The van der Waals surface area contributed by atoms with Gasteiger partial charge in [-0.05, 0) is 33.1 Å². The van der Waals surface area contributed by atoms with E-state index < -0.39 is 4.92 Å². The predicted octanol–water partition coefficient (Wildman–Crippen LogP) is 3.45. The molecule has 1 aliphatic rings. The van der Waals surface area contributed by atoms with Crippen LogP contribution < -0.4 is 0 Å². The molecular formula is C14H21NO4. The molecule has 5 nitrogen and oxygen atoms in total. The van der Waals surface area contributed by atoms with Crippen LogP contribution in [0, 0.1) is 17.0 Å². The maximum absolute atomic E-state index is 10.1. The first-order valence-corrected chi connectivity index (χ1v) is 6.57. The standard InChI is InChI=1S/C7H7NO2.C7H14O2/c1-6-2-4-7(5-3-6)8(9)10;1-2-8-7-5-3-4-6-9-7/h2-5H,1H3;7H,2-6H2,1H3. The van der Waals surface area contributed by atoms with Crippen molar-refractivity contribution in [3.8, 4) is 0 Å². The van der Waals surface area contributed by atoms with Crippen LogP contribution in [-0.4, -0.2) is 24.4 Å². The topological polar surface area (TPSA) is 61.6 Å². The van der Waals surface area contributed by atoms with Gasteiger partial charge in [0, 0.05) is 25.3 Å². The number of rotatable bonds is 3. The highest BCUT2D eigenvalue weighted by molar-refractivity contribution is 5.31. The third-order valence-electron chi connectivity index (χ3n) is 2.74. The summed E-state index contributed by atoms with van der Waals surface area (Å²) in [6, 6.07) is 6.43. The average molecular weight is 267 g/mol. The van der Waals surface area contributed by atoms with Crippen LogP contribution in [-0.2, 0) is 9.47 Å². The third kappa shape index (κ3) is 6.31. The van der Waals surface area contributed by atoms with Gasteiger partial charge >= 0.3 is 0 Å². The summed E-state index contributed by atoms with van der Waals surface area (Å²) in [7, 11) is 0. The minimum Gasteiger partial charge on any atom is -0.353 e. The number of non-ortho nitro benzene ring substituents is 1. The lowest BCUT2D eigenvalue weighted by molar-refractivity contribution is -0.384. The van der Waals surface area contributed by atoms with Crippen molar-refractivity contribution in [2.24, 2.45) is 0 Å². The Balaban J connectivity index is 0.000000191. The zero-order valence-corrected chi connectivity index (χ0v) is 11.5. The predicted molar refractivity (Wildman–Crippen MR) is 73.1 cm³/mol. The highest BCUT2D eigenvalue weighted by Gasteiger charge is 2.12. The lowest BCUT2D eigenvalue weighted by Gasteiger charge is -2.21. The van der Waals surface area contributed by atoms with Crippen LogP contribution in [0.25, 0.3) is 0 Å². The van der Waals surface area contributed by atoms with Crippen LogP contribution in [0.1, 0.15) is 31.7 Å². The molecule has 1 unspecified atom stereocenters. The molecule has 2 rings (SSSR count). The van der Waals surface area contributed by atoms with Gasteiger partial charge in [-0.2, -0.15) is 0 Å². The molecule has 5 heteroatoms. The minimum absolute atomic E-state index is 0.101. The van der Waals surface area contributed by atoms with Gasteiger partial charge in [0.2, 0.25) is 0 Å². The van der Waals surface area contributed by atoms with E-state index in [1.165, 1.54) is 25.0 Å². The fraction of sp³-hybridized carbons (Fsp3) is 0.571. The lowest BCUT2D eigenvalue weighted by Crippen LogP contribution is -2.21. The van der Waals surface area contributed by atoms with Gasteiger partial charge in [0.1, 0.15) is 0 Å². The number of ether oxygens (including phenoxy) is 2. The van der Waals surface area contributed by atoms with Gasteiger partial charge in [0.25, 0.3) is 5.69 Å². The van der Waals surface area contributed by atoms with E-state index in [0.29, 0.717) is 0 Å². The minimum atomic E-state index is -0.403. The van der Waals surface area contributed by atoms with Crippen molar-refractivity contribution in [2.45, 2.75) is 39.4 Å². The van der Waals surface area contributed by atoms with Crippen molar-refractivity contribution in [3.63, 3.8) is 0 Å². The lowest BCUT2D eigenvalue weighted by atomic mass is 10.2. The number of nitro groups is 1. The Bertz CT molecular complexity index is 369. The zero-order valence-electron chi connectivity index (χ0n) is 11.5. The van der Waals surface area contributed by atoms with E-state index in [4.69, 9.17) is 9.47 Å². The largest absolute Gasteiger partial charge is 0.353 e. The SMILES string of the molecule is CCOC1CCCCO1.Cc1ccc([N+](=O)[O-])cc1. The van der Waals surface area contributed by atoms with Crippen LogP contribution in [0.5, 0.6) is 0 Å². The first-order chi connectivity index (χ1) is 9.13. The van der Waals surface area contributed by atoms with Crippen molar-refractivity contribution in [3.05, 3.63) is 39.9 Å². The number of nitro benzene ring substituents is 1. The molecule has 0 saturated carbocycles. The average Bonchev–Trinajstić information content (AvgIpc) is 2.41. The van der Waals surface area contributed by atoms with Gasteiger partial charge in [0.15, 0.2) is 6.29 Å². The fourth-order valence-corrected chi connectivity index (χ4v) is 1.69. The second-order valence-electron chi connectivity index (χ2n) is 4.34. The van der Waals surface area contributed by atoms with Crippen LogP contribution in [0.4, 0.5) is 5.69 Å². The summed E-state index contributed by atoms with van der Waals surface area (Å²) in [5, 5.41) is 10.1. The van der Waals surface area contributed by atoms with Crippen molar-refractivity contribution in [1.29, 1.82) is 0 Å². The second-order valence-corrected chi connectivity index (χ2v) is 4.34. The van der Waals surface area contributed by atoms with Crippen LogP contribution >= 0.6 is 0 Å².